The zero-order valence-corrected chi connectivity index (χ0v) is 17.2. The number of aromatic nitrogens is 1. The van der Waals surface area contributed by atoms with Gasteiger partial charge < -0.3 is 9.47 Å². The first-order valence-electron chi connectivity index (χ1n) is 9.56. The van der Waals surface area contributed by atoms with Crippen molar-refractivity contribution in [2.45, 2.75) is 19.4 Å². The van der Waals surface area contributed by atoms with Gasteiger partial charge in [0, 0.05) is 49.8 Å². The molecule has 0 atom stereocenters. The van der Waals surface area contributed by atoms with Crippen molar-refractivity contribution in [3.8, 4) is 0 Å². The predicted molar refractivity (Wildman–Crippen MR) is 114 cm³/mol. The standard InChI is InChI=1S/C21H22N4O3S/c1-22-19(27)16(20(28)23(2)21(22)29)11-14-12-25(17-8-4-3-7-15(14)17)13-18(26)24-9-5-6-10-24/h3-4,7-8,11-12H,5-6,9-10,13H2,1-2H3. The highest BCUT2D eigenvalue weighted by Crippen LogP contribution is 2.26. The van der Waals surface area contributed by atoms with Crippen molar-refractivity contribution >= 4 is 52.0 Å². The number of thiocarbonyl (C=S) groups is 1. The predicted octanol–water partition coefficient (Wildman–Crippen LogP) is 1.86. The van der Waals surface area contributed by atoms with Gasteiger partial charge in [-0.25, -0.2) is 0 Å². The van der Waals surface area contributed by atoms with Gasteiger partial charge >= 0.3 is 0 Å². The van der Waals surface area contributed by atoms with Crippen LogP contribution in [0.2, 0.25) is 0 Å². The Morgan fingerprint density at radius 2 is 1.69 bits per heavy atom. The van der Waals surface area contributed by atoms with Gasteiger partial charge in [0.15, 0.2) is 5.11 Å². The molecule has 0 radical (unpaired) electrons. The van der Waals surface area contributed by atoms with Gasteiger partial charge in [0.05, 0.1) is 0 Å². The van der Waals surface area contributed by atoms with Crippen molar-refractivity contribution in [3.63, 3.8) is 0 Å². The van der Waals surface area contributed by atoms with Crippen LogP contribution in [-0.4, -0.2) is 69.3 Å². The summed E-state index contributed by atoms with van der Waals surface area (Å²) in [5.74, 6) is -0.775. The molecule has 8 heteroatoms. The van der Waals surface area contributed by atoms with E-state index < -0.39 is 11.8 Å². The van der Waals surface area contributed by atoms with E-state index in [1.54, 1.807) is 20.2 Å². The average Bonchev–Trinajstić information content (AvgIpc) is 3.37. The Morgan fingerprint density at radius 3 is 2.34 bits per heavy atom. The number of para-hydroxylation sites is 1. The number of fused-ring (bicyclic) bond motifs is 1. The lowest BCUT2D eigenvalue weighted by Crippen LogP contribution is -2.52. The molecule has 7 nitrogen and oxygen atoms in total. The van der Waals surface area contributed by atoms with Gasteiger partial charge in [-0.1, -0.05) is 18.2 Å². The van der Waals surface area contributed by atoms with Crippen LogP contribution in [0, 0.1) is 0 Å². The van der Waals surface area contributed by atoms with E-state index in [9.17, 15) is 14.4 Å². The number of carbonyl (C=O) groups excluding carboxylic acids is 3. The van der Waals surface area contributed by atoms with Crippen molar-refractivity contribution in [1.29, 1.82) is 0 Å². The van der Waals surface area contributed by atoms with E-state index in [0.29, 0.717) is 0 Å². The van der Waals surface area contributed by atoms with Gasteiger partial charge in [-0.05, 0) is 37.2 Å². The molecule has 150 valence electrons. The lowest BCUT2D eigenvalue weighted by molar-refractivity contribution is -0.132. The molecule has 0 saturated carbocycles. The van der Waals surface area contributed by atoms with Gasteiger partial charge in [-0.15, -0.1) is 0 Å². The van der Waals surface area contributed by atoms with Gasteiger partial charge in [0.1, 0.15) is 12.1 Å². The monoisotopic (exact) mass is 410 g/mol. The third kappa shape index (κ3) is 3.33. The number of benzene rings is 1. The smallest absolute Gasteiger partial charge is 0.265 e. The molecular formula is C21H22N4O3S. The fourth-order valence-corrected chi connectivity index (χ4v) is 4.03. The minimum atomic E-state index is -0.428. The molecule has 3 amide bonds. The molecule has 2 aliphatic rings. The summed E-state index contributed by atoms with van der Waals surface area (Å²) >= 11 is 5.14. The summed E-state index contributed by atoms with van der Waals surface area (Å²) in [5.41, 5.74) is 1.67. The summed E-state index contributed by atoms with van der Waals surface area (Å²) in [7, 11) is 3.11. The minimum absolute atomic E-state index is 0.0531. The normalized spacial score (nSPS) is 17.7. The molecule has 0 N–H and O–H groups in total. The first-order chi connectivity index (χ1) is 13.9. The average molecular weight is 410 g/mol. The topological polar surface area (TPSA) is 65.9 Å². The number of hydrogen-bond acceptors (Lipinski definition) is 4. The molecule has 2 aromatic rings. The van der Waals surface area contributed by atoms with Crippen LogP contribution in [0.3, 0.4) is 0 Å². The Kier molecular flexibility index (Phi) is 4.96. The van der Waals surface area contributed by atoms with Crippen LogP contribution in [-0.2, 0) is 20.9 Å². The summed E-state index contributed by atoms with van der Waals surface area (Å²) in [4.78, 5) is 42.4. The van der Waals surface area contributed by atoms with Crippen molar-refractivity contribution in [3.05, 3.63) is 41.6 Å². The van der Waals surface area contributed by atoms with Crippen LogP contribution in [0.5, 0.6) is 0 Å². The van der Waals surface area contributed by atoms with Crippen LogP contribution in [0.15, 0.2) is 36.0 Å². The summed E-state index contributed by atoms with van der Waals surface area (Å²) in [5, 5.41) is 1.06. The lowest BCUT2D eigenvalue weighted by atomic mass is 10.1. The fourth-order valence-electron chi connectivity index (χ4n) is 3.86. The number of likely N-dealkylation sites (N-methyl/N-ethyl adjacent to an activating group) is 2. The van der Waals surface area contributed by atoms with Crippen molar-refractivity contribution in [2.75, 3.05) is 27.2 Å². The molecule has 1 aromatic carbocycles. The number of hydrogen-bond donors (Lipinski definition) is 0. The van der Waals surface area contributed by atoms with Gasteiger partial charge in [0.2, 0.25) is 5.91 Å². The molecule has 1 aromatic heterocycles. The number of nitrogens with zero attached hydrogens (tertiary/aromatic N) is 4. The van der Waals surface area contributed by atoms with E-state index in [1.807, 2.05) is 39.9 Å². The third-order valence-electron chi connectivity index (χ3n) is 5.53. The zero-order chi connectivity index (χ0) is 20.7. The van der Waals surface area contributed by atoms with Crippen LogP contribution >= 0.6 is 12.2 Å². The SMILES string of the molecule is CN1C(=O)C(=Cc2cn(CC(=O)N3CCCC3)c3ccccc23)C(=O)N(C)C1=S. The fraction of sp³-hybridized carbons (Fsp3) is 0.333. The largest absolute Gasteiger partial charge is 0.341 e. The number of likely N-dealkylation sites (tertiary alicyclic amines) is 1. The summed E-state index contributed by atoms with van der Waals surface area (Å²) in [6.45, 7) is 1.84. The van der Waals surface area contributed by atoms with E-state index in [-0.39, 0.29) is 23.1 Å². The van der Waals surface area contributed by atoms with Crippen molar-refractivity contribution in [2.24, 2.45) is 0 Å². The van der Waals surface area contributed by atoms with Crippen LogP contribution in [0.1, 0.15) is 18.4 Å². The first kappa shape index (κ1) is 19.3. The van der Waals surface area contributed by atoms with E-state index in [1.165, 1.54) is 9.80 Å². The Morgan fingerprint density at radius 1 is 1.07 bits per heavy atom. The summed E-state index contributed by atoms with van der Waals surface area (Å²) in [6, 6.07) is 7.67. The molecule has 2 fully saturated rings. The molecule has 0 bridgehead atoms. The maximum Gasteiger partial charge on any atom is 0.265 e. The lowest BCUT2D eigenvalue weighted by Gasteiger charge is -2.31. The molecule has 4 rings (SSSR count). The third-order valence-corrected chi connectivity index (χ3v) is 6.08. The zero-order valence-electron chi connectivity index (χ0n) is 16.4. The Bertz CT molecular complexity index is 1040. The number of rotatable bonds is 3. The van der Waals surface area contributed by atoms with Crippen LogP contribution in [0.25, 0.3) is 17.0 Å². The highest BCUT2D eigenvalue weighted by Gasteiger charge is 2.35. The van der Waals surface area contributed by atoms with Gasteiger partial charge in [0.25, 0.3) is 11.8 Å². The molecular weight excluding hydrogens is 388 g/mol. The van der Waals surface area contributed by atoms with E-state index in [2.05, 4.69) is 0 Å². The van der Waals surface area contributed by atoms with Crippen molar-refractivity contribution < 1.29 is 14.4 Å². The molecule has 2 aliphatic heterocycles. The number of carbonyl (C=O) groups is 3. The summed E-state index contributed by atoms with van der Waals surface area (Å²) in [6.07, 6.45) is 5.52. The van der Waals surface area contributed by atoms with E-state index in [4.69, 9.17) is 12.2 Å². The molecule has 3 heterocycles. The van der Waals surface area contributed by atoms with E-state index >= 15 is 0 Å². The molecule has 0 unspecified atom stereocenters. The maximum absolute atomic E-state index is 12.6. The van der Waals surface area contributed by atoms with Gasteiger partial charge in [-0.3, -0.25) is 24.2 Å². The molecule has 0 aliphatic carbocycles. The Hall–Kier alpha value is -3.00. The van der Waals surface area contributed by atoms with Crippen molar-refractivity contribution in [1.82, 2.24) is 19.3 Å². The molecule has 0 spiro atoms. The molecule has 2 saturated heterocycles. The number of amides is 3. The van der Waals surface area contributed by atoms with Crippen LogP contribution in [0.4, 0.5) is 0 Å². The summed E-state index contributed by atoms with van der Waals surface area (Å²) < 4.78 is 1.89. The molecule has 29 heavy (non-hydrogen) atoms. The van der Waals surface area contributed by atoms with Crippen LogP contribution < -0.4 is 0 Å². The Balaban J connectivity index is 1.74. The Labute approximate surface area is 174 Å². The highest BCUT2D eigenvalue weighted by atomic mass is 32.1. The highest BCUT2D eigenvalue weighted by molar-refractivity contribution is 7.80. The second kappa shape index (κ2) is 7.44. The first-order valence-corrected chi connectivity index (χ1v) is 9.96. The minimum Gasteiger partial charge on any atom is -0.341 e. The van der Waals surface area contributed by atoms with E-state index in [0.717, 1.165) is 42.4 Å². The second-order valence-electron chi connectivity index (χ2n) is 7.39. The van der Waals surface area contributed by atoms with Gasteiger partial charge in [-0.2, -0.15) is 0 Å². The maximum atomic E-state index is 12.6. The quantitative estimate of drug-likeness (QED) is 0.440. The second-order valence-corrected chi connectivity index (χ2v) is 7.75.